The fraction of sp³-hybridized carbons (Fsp3) is 0.833. The van der Waals surface area contributed by atoms with Crippen molar-refractivity contribution in [2.45, 2.75) is 32.2 Å². The number of nitrogens with one attached hydrogen (secondary N) is 1. The molecule has 1 aliphatic rings. The smallest absolute Gasteiger partial charge is 0.306 e. The number of nitrogens with zero attached hydrogens (tertiary/aromatic N) is 1. The maximum absolute atomic E-state index is 11.8. The third-order valence-electron chi connectivity index (χ3n) is 3.61. The van der Waals surface area contributed by atoms with Gasteiger partial charge in [-0.3, -0.25) is 9.59 Å². The molecule has 0 saturated heterocycles. The van der Waals surface area contributed by atoms with Crippen LogP contribution in [-0.2, 0) is 9.59 Å². The van der Waals surface area contributed by atoms with Crippen molar-refractivity contribution in [3.8, 4) is 0 Å². The summed E-state index contributed by atoms with van der Waals surface area (Å²) < 4.78 is 0. The number of aliphatic carboxylic acids is 1. The predicted octanol–water partition coefficient (Wildman–Crippen LogP) is 0.554. The van der Waals surface area contributed by atoms with Crippen LogP contribution in [0.4, 0.5) is 0 Å². The van der Waals surface area contributed by atoms with Crippen LogP contribution in [-0.4, -0.2) is 48.6 Å². The van der Waals surface area contributed by atoms with Crippen molar-refractivity contribution in [2.75, 3.05) is 20.6 Å². The van der Waals surface area contributed by atoms with Gasteiger partial charge in [-0.2, -0.15) is 0 Å². The van der Waals surface area contributed by atoms with Crippen molar-refractivity contribution >= 4 is 11.9 Å². The van der Waals surface area contributed by atoms with Gasteiger partial charge in [0.15, 0.2) is 0 Å². The lowest BCUT2D eigenvalue weighted by atomic mass is 10.0. The molecule has 1 amide bonds. The summed E-state index contributed by atoms with van der Waals surface area (Å²) in [6.07, 6.45) is 1.80. The Hall–Kier alpha value is -1.10. The number of hydrogen-bond donors (Lipinski definition) is 2. The van der Waals surface area contributed by atoms with Crippen LogP contribution in [0.25, 0.3) is 0 Å². The Balaban J connectivity index is 2.32. The highest BCUT2D eigenvalue weighted by Crippen LogP contribution is 2.30. The Morgan fingerprint density at radius 1 is 1.35 bits per heavy atom. The maximum Gasteiger partial charge on any atom is 0.306 e. The lowest BCUT2D eigenvalue weighted by molar-refractivity contribution is -0.141. The highest BCUT2D eigenvalue weighted by Gasteiger charge is 2.33. The number of hydrogen-bond acceptors (Lipinski definition) is 3. The van der Waals surface area contributed by atoms with Gasteiger partial charge in [-0.15, -0.1) is 0 Å². The molecule has 0 aromatic rings. The van der Waals surface area contributed by atoms with Crippen LogP contribution in [0, 0.1) is 11.8 Å². The van der Waals surface area contributed by atoms with E-state index in [1.165, 1.54) is 0 Å². The molecule has 1 rings (SSSR count). The van der Waals surface area contributed by atoms with Gasteiger partial charge >= 0.3 is 5.97 Å². The summed E-state index contributed by atoms with van der Waals surface area (Å²) in [6.45, 7) is 2.65. The number of carbonyl (C=O) groups excluding carboxylic acids is 1. The second-order valence-corrected chi connectivity index (χ2v) is 5.10. The second-order valence-electron chi connectivity index (χ2n) is 5.10. The lowest BCUT2D eigenvalue weighted by Crippen LogP contribution is -2.40. The topological polar surface area (TPSA) is 69.6 Å². The monoisotopic (exact) mass is 242 g/mol. The van der Waals surface area contributed by atoms with E-state index in [2.05, 4.69) is 5.32 Å². The molecule has 0 heterocycles. The minimum Gasteiger partial charge on any atom is -0.481 e. The Morgan fingerprint density at radius 2 is 1.94 bits per heavy atom. The number of carbonyl (C=O) groups is 2. The fourth-order valence-electron chi connectivity index (χ4n) is 2.02. The second kappa shape index (κ2) is 6.00. The average Bonchev–Trinajstić information content (AvgIpc) is 2.74. The number of likely N-dealkylation sites (N-methyl/N-ethyl adjacent to an activating group) is 1. The van der Waals surface area contributed by atoms with Gasteiger partial charge in [0.05, 0.1) is 5.92 Å². The summed E-state index contributed by atoms with van der Waals surface area (Å²) in [5.41, 5.74) is 0. The van der Waals surface area contributed by atoms with Crippen molar-refractivity contribution in [3.05, 3.63) is 0 Å². The van der Waals surface area contributed by atoms with E-state index in [-0.39, 0.29) is 23.8 Å². The van der Waals surface area contributed by atoms with E-state index in [0.717, 1.165) is 0 Å². The molecule has 0 aromatic carbocycles. The molecule has 1 fully saturated rings. The summed E-state index contributed by atoms with van der Waals surface area (Å²) >= 11 is 0. The van der Waals surface area contributed by atoms with E-state index in [1.54, 1.807) is 0 Å². The van der Waals surface area contributed by atoms with Crippen molar-refractivity contribution in [2.24, 2.45) is 11.8 Å². The van der Waals surface area contributed by atoms with Gasteiger partial charge < -0.3 is 15.3 Å². The molecule has 0 radical (unpaired) electrons. The average molecular weight is 242 g/mol. The van der Waals surface area contributed by atoms with Crippen LogP contribution < -0.4 is 5.32 Å². The largest absolute Gasteiger partial charge is 0.481 e. The third kappa shape index (κ3) is 4.00. The molecule has 5 nitrogen and oxygen atoms in total. The van der Waals surface area contributed by atoms with Gasteiger partial charge in [0.25, 0.3) is 0 Å². The molecule has 0 bridgehead atoms. The number of carboxylic acids is 1. The number of amides is 1. The Labute approximate surface area is 102 Å². The van der Waals surface area contributed by atoms with E-state index < -0.39 is 5.97 Å². The van der Waals surface area contributed by atoms with Crippen molar-refractivity contribution < 1.29 is 14.7 Å². The first-order valence-electron chi connectivity index (χ1n) is 6.08. The van der Waals surface area contributed by atoms with Crippen LogP contribution in [0.3, 0.4) is 0 Å². The summed E-state index contributed by atoms with van der Waals surface area (Å²) in [6, 6.07) is 0.288. The number of carboxylic acid groups (broad SMARTS) is 1. The van der Waals surface area contributed by atoms with E-state index in [9.17, 15) is 9.59 Å². The van der Waals surface area contributed by atoms with E-state index in [0.29, 0.717) is 25.8 Å². The van der Waals surface area contributed by atoms with Gasteiger partial charge in [-0.1, -0.05) is 0 Å². The molecule has 1 aliphatic carbocycles. The summed E-state index contributed by atoms with van der Waals surface area (Å²) in [4.78, 5) is 24.6. The molecule has 0 aromatic heterocycles. The van der Waals surface area contributed by atoms with Gasteiger partial charge in [0, 0.05) is 18.5 Å². The fourth-order valence-corrected chi connectivity index (χ4v) is 2.02. The molecule has 17 heavy (non-hydrogen) atoms. The molecule has 1 saturated carbocycles. The Kier molecular flexibility index (Phi) is 4.93. The van der Waals surface area contributed by atoms with Crippen LogP contribution in [0.2, 0.25) is 0 Å². The first-order valence-corrected chi connectivity index (χ1v) is 6.08. The molecular formula is C12H22N2O3. The van der Waals surface area contributed by atoms with E-state index in [4.69, 9.17) is 5.11 Å². The van der Waals surface area contributed by atoms with E-state index >= 15 is 0 Å². The standard InChI is InChI=1S/C12H22N2O3/c1-8(14(2)3)7-13-11(15)9-4-5-10(6-9)12(16)17/h8-10H,4-7H2,1-3H3,(H,13,15)(H,16,17). The summed E-state index contributed by atoms with van der Waals surface area (Å²) in [5, 5.41) is 11.8. The molecule has 0 aliphatic heterocycles. The first-order chi connectivity index (χ1) is 7.91. The van der Waals surface area contributed by atoms with Crippen molar-refractivity contribution in [3.63, 3.8) is 0 Å². The van der Waals surface area contributed by atoms with Gasteiger partial charge in [0.1, 0.15) is 0 Å². The third-order valence-corrected chi connectivity index (χ3v) is 3.61. The zero-order valence-corrected chi connectivity index (χ0v) is 10.8. The predicted molar refractivity (Wildman–Crippen MR) is 64.6 cm³/mol. The molecular weight excluding hydrogens is 220 g/mol. The van der Waals surface area contributed by atoms with Gasteiger partial charge in [0.2, 0.25) is 5.91 Å². The van der Waals surface area contributed by atoms with Crippen LogP contribution in [0.5, 0.6) is 0 Å². The highest BCUT2D eigenvalue weighted by molar-refractivity contribution is 5.80. The van der Waals surface area contributed by atoms with Crippen molar-refractivity contribution in [1.29, 1.82) is 0 Å². The zero-order valence-electron chi connectivity index (χ0n) is 10.8. The zero-order chi connectivity index (χ0) is 13.0. The molecule has 5 heteroatoms. The molecule has 2 N–H and O–H groups in total. The van der Waals surface area contributed by atoms with Gasteiger partial charge in [-0.05, 0) is 40.3 Å². The lowest BCUT2D eigenvalue weighted by Gasteiger charge is -2.21. The molecule has 3 unspecified atom stereocenters. The Bertz CT molecular complexity index is 291. The van der Waals surface area contributed by atoms with Gasteiger partial charge in [-0.25, -0.2) is 0 Å². The Morgan fingerprint density at radius 3 is 2.41 bits per heavy atom. The molecule has 3 atom stereocenters. The highest BCUT2D eigenvalue weighted by atomic mass is 16.4. The SMILES string of the molecule is CC(CNC(=O)C1CCC(C(=O)O)C1)N(C)C. The van der Waals surface area contributed by atoms with E-state index in [1.807, 2.05) is 25.9 Å². The van der Waals surface area contributed by atoms with Crippen LogP contribution >= 0.6 is 0 Å². The quantitative estimate of drug-likeness (QED) is 0.739. The summed E-state index contributed by atoms with van der Waals surface area (Å²) in [5.74, 6) is -1.23. The van der Waals surface area contributed by atoms with Crippen molar-refractivity contribution in [1.82, 2.24) is 10.2 Å². The normalized spacial score (nSPS) is 25.9. The summed E-state index contributed by atoms with van der Waals surface area (Å²) in [7, 11) is 3.93. The minimum atomic E-state index is -0.776. The van der Waals surface area contributed by atoms with Crippen LogP contribution in [0.15, 0.2) is 0 Å². The number of rotatable bonds is 5. The molecule has 98 valence electrons. The van der Waals surface area contributed by atoms with Crippen LogP contribution in [0.1, 0.15) is 26.2 Å². The minimum absolute atomic E-state index is 0.00227. The maximum atomic E-state index is 11.8. The molecule has 0 spiro atoms. The first kappa shape index (κ1) is 14.0.